The first-order valence-corrected chi connectivity index (χ1v) is 11.5. The predicted octanol–water partition coefficient (Wildman–Crippen LogP) is 3.01. The van der Waals surface area contributed by atoms with Crippen LogP contribution in [0.3, 0.4) is 0 Å². The number of nitrogens with one attached hydrogen (secondary N) is 1. The third-order valence-corrected chi connectivity index (χ3v) is 6.52. The Labute approximate surface area is 196 Å². The van der Waals surface area contributed by atoms with Crippen LogP contribution < -0.4 is 10.1 Å². The fourth-order valence-electron chi connectivity index (χ4n) is 4.69. The Bertz CT molecular complexity index is 1150. The molecule has 3 heterocycles. The van der Waals surface area contributed by atoms with Crippen molar-refractivity contribution in [3.8, 4) is 5.75 Å². The number of carbonyl (C=O) groups excluding carboxylic acids is 3. The lowest BCUT2D eigenvalue weighted by Crippen LogP contribution is -2.52. The molecule has 2 aromatic carbocycles. The van der Waals surface area contributed by atoms with Crippen molar-refractivity contribution in [2.24, 2.45) is 0 Å². The molecule has 7 heteroatoms. The zero-order chi connectivity index (χ0) is 24.6. The number of ether oxygens (including phenoxy) is 1. The number of benzene rings is 2. The van der Waals surface area contributed by atoms with Crippen molar-refractivity contribution < 1.29 is 21.9 Å². The van der Waals surface area contributed by atoms with E-state index >= 15 is 0 Å². The summed E-state index contributed by atoms with van der Waals surface area (Å²) in [6.07, 6.45) is 3.07. The van der Waals surface area contributed by atoms with Crippen molar-refractivity contribution in [1.29, 1.82) is 0 Å². The average molecular weight is 450 g/mol. The number of likely N-dealkylation sites (tertiary alicyclic amines) is 1. The highest BCUT2D eigenvalue weighted by Crippen LogP contribution is 2.34. The lowest BCUT2D eigenvalue weighted by Gasteiger charge is -2.29. The summed E-state index contributed by atoms with van der Waals surface area (Å²) in [5.41, 5.74) is 3.31. The van der Waals surface area contributed by atoms with E-state index in [1.165, 1.54) is 4.90 Å². The Balaban J connectivity index is 1.23. The standard InChI is InChI=1S/C26H29N3O4/c30-24-12-11-22(25(31)27-24)29-16-21-20(26(29)32)5-4-6-23(21)33-17-19-9-7-18(8-10-19)15-28-13-2-1-3-14-28/h4-10,22H,1-3,11-17H2,(H,27,30,31)/i13D2. The SMILES string of the molecule is [2H]C1([2H])CCCCN1Cc1ccc(COc2cccc3c2CN(C2CCC(=O)NC2=O)C3=O)cc1. The van der Waals surface area contributed by atoms with Crippen molar-refractivity contribution >= 4 is 17.7 Å². The summed E-state index contributed by atoms with van der Waals surface area (Å²) >= 11 is 0. The van der Waals surface area contributed by atoms with Crippen LogP contribution in [0.15, 0.2) is 42.5 Å². The fourth-order valence-corrected chi connectivity index (χ4v) is 4.69. The van der Waals surface area contributed by atoms with E-state index in [1.54, 1.807) is 12.1 Å². The summed E-state index contributed by atoms with van der Waals surface area (Å²) in [4.78, 5) is 40.2. The number of hydrogen-bond acceptors (Lipinski definition) is 5. The molecule has 0 radical (unpaired) electrons. The fraction of sp³-hybridized carbons (Fsp3) is 0.423. The molecule has 172 valence electrons. The van der Waals surface area contributed by atoms with Gasteiger partial charge in [-0.2, -0.15) is 0 Å². The van der Waals surface area contributed by atoms with Gasteiger partial charge in [-0.05, 0) is 55.6 Å². The molecule has 0 aromatic heterocycles. The van der Waals surface area contributed by atoms with Gasteiger partial charge in [0.05, 0.1) is 6.54 Å². The van der Waals surface area contributed by atoms with Gasteiger partial charge in [-0.15, -0.1) is 0 Å². The second-order valence-corrected chi connectivity index (χ2v) is 8.82. The number of rotatable bonds is 6. The van der Waals surface area contributed by atoms with Gasteiger partial charge in [0.25, 0.3) is 5.91 Å². The number of imide groups is 1. The number of amides is 3. The summed E-state index contributed by atoms with van der Waals surface area (Å²) in [6.45, 7) is 0.693. The third-order valence-electron chi connectivity index (χ3n) is 6.52. The summed E-state index contributed by atoms with van der Waals surface area (Å²) in [7, 11) is 0. The average Bonchev–Trinajstić information content (AvgIpc) is 3.17. The highest BCUT2D eigenvalue weighted by atomic mass is 16.5. The van der Waals surface area contributed by atoms with E-state index < -0.39 is 18.4 Å². The molecule has 0 saturated carbocycles. The van der Waals surface area contributed by atoms with E-state index in [-0.39, 0.29) is 24.8 Å². The second kappa shape index (κ2) is 9.35. The van der Waals surface area contributed by atoms with Crippen LogP contribution in [-0.2, 0) is 29.3 Å². The number of piperidine rings is 2. The summed E-state index contributed by atoms with van der Waals surface area (Å²) < 4.78 is 22.5. The molecule has 7 nitrogen and oxygen atoms in total. The molecule has 1 atom stereocenters. The van der Waals surface area contributed by atoms with E-state index in [0.717, 1.165) is 36.1 Å². The lowest BCUT2D eigenvalue weighted by atomic mass is 10.0. The van der Waals surface area contributed by atoms with Gasteiger partial charge < -0.3 is 9.64 Å². The van der Waals surface area contributed by atoms with Gasteiger partial charge in [0.2, 0.25) is 11.8 Å². The molecule has 3 aliphatic rings. The van der Waals surface area contributed by atoms with Crippen LogP contribution in [0.5, 0.6) is 5.75 Å². The molecule has 3 amide bonds. The third kappa shape index (κ3) is 4.64. The molecule has 2 fully saturated rings. The highest BCUT2D eigenvalue weighted by Gasteiger charge is 2.40. The number of hydrogen-bond donors (Lipinski definition) is 1. The molecule has 2 saturated heterocycles. The smallest absolute Gasteiger partial charge is 0.255 e. The van der Waals surface area contributed by atoms with Gasteiger partial charge in [0, 0.05) is 26.8 Å². The van der Waals surface area contributed by atoms with Crippen LogP contribution in [0.25, 0.3) is 0 Å². The van der Waals surface area contributed by atoms with Crippen molar-refractivity contribution in [3.05, 3.63) is 64.7 Å². The molecule has 1 unspecified atom stereocenters. The summed E-state index contributed by atoms with van der Waals surface area (Å²) in [5, 5.41) is 2.32. The first kappa shape index (κ1) is 19.3. The molecular weight excluding hydrogens is 418 g/mol. The molecule has 5 rings (SSSR count). The molecule has 0 aliphatic carbocycles. The Kier molecular flexibility index (Phi) is 5.47. The predicted molar refractivity (Wildman–Crippen MR) is 122 cm³/mol. The van der Waals surface area contributed by atoms with E-state index in [1.807, 2.05) is 35.2 Å². The quantitative estimate of drug-likeness (QED) is 0.686. The minimum absolute atomic E-state index is 0.220. The maximum Gasteiger partial charge on any atom is 0.255 e. The van der Waals surface area contributed by atoms with Crippen LogP contribution in [0, 0.1) is 0 Å². The van der Waals surface area contributed by atoms with Gasteiger partial charge in [-0.1, -0.05) is 36.8 Å². The summed E-state index contributed by atoms with van der Waals surface area (Å²) in [6, 6.07) is 12.7. The van der Waals surface area contributed by atoms with Crippen LogP contribution >= 0.6 is 0 Å². The lowest BCUT2D eigenvalue weighted by molar-refractivity contribution is -0.136. The Morgan fingerprint density at radius 1 is 1.03 bits per heavy atom. The van der Waals surface area contributed by atoms with E-state index in [4.69, 9.17) is 7.48 Å². The van der Waals surface area contributed by atoms with Crippen LogP contribution in [0.2, 0.25) is 0 Å². The Hall–Kier alpha value is -3.19. The van der Waals surface area contributed by atoms with Crippen molar-refractivity contribution in [2.75, 3.05) is 13.0 Å². The number of fused-ring (bicyclic) bond motifs is 1. The van der Waals surface area contributed by atoms with E-state index in [9.17, 15) is 14.4 Å². The molecule has 1 N–H and O–H groups in total. The first-order valence-electron chi connectivity index (χ1n) is 12.5. The maximum absolute atomic E-state index is 13.0. The molecule has 0 spiro atoms. The number of carbonyl (C=O) groups is 3. The molecular formula is C26H29N3O4. The van der Waals surface area contributed by atoms with Crippen LogP contribution in [-0.4, -0.2) is 46.6 Å². The monoisotopic (exact) mass is 449 g/mol. The normalized spacial score (nSPS) is 23.6. The Morgan fingerprint density at radius 3 is 2.64 bits per heavy atom. The van der Waals surface area contributed by atoms with E-state index in [0.29, 0.717) is 37.3 Å². The maximum atomic E-state index is 13.0. The highest BCUT2D eigenvalue weighted by molar-refractivity contribution is 6.05. The minimum Gasteiger partial charge on any atom is -0.489 e. The zero-order valence-corrected chi connectivity index (χ0v) is 18.5. The molecule has 0 bridgehead atoms. The first-order chi connectivity index (χ1) is 16.8. The van der Waals surface area contributed by atoms with Crippen molar-refractivity contribution in [1.82, 2.24) is 15.1 Å². The van der Waals surface area contributed by atoms with Gasteiger partial charge in [-0.3, -0.25) is 24.6 Å². The molecule has 33 heavy (non-hydrogen) atoms. The van der Waals surface area contributed by atoms with Crippen LogP contribution in [0.1, 0.15) is 61.9 Å². The minimum atomic E-state index is -1.26. The van der Waals surface area contributed by atoms with E-state index in [2.05, 4.69) is 5.32 Å². The molecule has 2 aromatic rings. The van der Waals surface area contributed by atoms with Crippen LogP contribution in [0.4, 0.5) is 0 Å². The molecule has 3 aliphatic heterocycles. The largest absolute Gasteiger partial charge is 0.489 e. The Morgan fingerprint density at radius 2 is 1.85 bits per heavy atom. The van der Waals surface area contributed by atoms with Gasteiger partial charge >= 0.3 is 0 Å². The van der Waals surface area contributed by atoms with Crippen molar-refractivity contribution in [3.63, 3.8) is 0 Å². The summed E-state index contributed by atoms with van der Waals surface area (Å²) in [5.74, 6) is -0.346. The topological polar surface area (TPSA) is 79.0 Å². The van der Waals surface area contributed by atoms with Gasteiger partial charge in [0.15, 0.2) is 0 Å². The number of nitrogens with zero attached hydrogens (tertiary/aromatic N) is 2. The zero-order valence-electron chi connectivity index (χ0n) is 20.5. The second-order valence-electron chi connectivity index (χ2n) is 8.82. The van der Waals surface area contributed by atoms with Gasteiger partial charge in [0.1, 0.15) is 18.4 Å². The van der Waals surface area contributed by atoms with Crippen molar-refractivity contribution in [2.45, 2.75) is 57.8 Å². The van der Waals surface area contributed by atoms with Gasteiger partial charge in [-0.25, -0.2) is 0 Å².